The summed E-state index contributed by atoms with van der Waals surface area (Å²) < 4.78 is 0. The third kappa shape index (κ3) is 6.01. The molecular formula is C14H20N2O3. The summed E-state index contributed by atoms with van der Waals surface area (Å²) in [6.07, 6.45) is 0.729. The lowest BCUT2D eigenvalue weighted by molar-refractivity contribution is -0.132. The summed E-state index contributed by atoms with van der Waals surface area (Å²) in [6.45, 7) is 2.08. The lowest BCUT2D eigenvalue weighted by Crippen LogP contribution is -2.41. The molecule has 0 fully saturated rings. The van der Waals surface area contributed by atoms with Gasteiger partial charge in [-0.2, -0.15) is 0 Å². The van der Waals surface area contributed by atoms with Crippen molar-refractivity contribution in [2.24, 2.45) is 0 Å². The highest BCUT2D eigenvalue weighted by Crippen LogP contribution is 2.01. The summed E-state index contributed by atoms with van der Waals surface area (Å²) in [5.41, 5.74) is 1.14. The van der Waals surface area contributed by atoms with Gasteiger partial charge in [0, 0.05) is 20.0 Å². The van der Waals surface area contributed by atoms with Crippen LogP contribution in [-0.2, 0) is 16.0 Å². The smallest absolute Gasteiger partial charge is 0.242 e. The van der Waals surface area contributed by atoms with Crippen molar-refractivity contribution in [3.05, 3.63) is 35.9 Å². The standard InChI is InChI=1S/C14H20N2O3/c1-12(18)15-11-14(19)16(9-10-17)8-7-13-5-3-2-4-6-13/h2-6,17H,7-11H2,1H3,(H,15,18). The molecule has 0 aliphatic heterocycles. The van der Waals surface area contributed by atoms with Gasteiger partial charge >= 0.3 is 0 Å². The van der Waals surface area contributed by atoms with Gasteiger partial charge < -0.3 is 15.3 Å². The van der Waals surface area contributed by atoms with Crippen LogP contribution in [0.5, 0.6) is 0 Å². The molecule has 1 rings (SSSR count). The summed E-state index contributed by atoms with van der Waals surface area (Å²) in [6, 6.07) is 9.83. The Labute approximate surface area is 113 Å². The highest BCUT2D eigenvalue weighted by molar-refractivity contribution is 5.83. The largest absolute Gasteiger partial charge is 0.395 e. The van der Waals surface area contributed by atoms with E-state index in [0.717, 1.165) is 12.0 Å². The molecule has 0 aliphatic rings. The first-order valence-corrected chi connectivity index (χ1v) is 6.30. The summed E-state index contributed by atoms with van der Waals surface area (Å²) in [7, 11) is 0. The number of hydrogen-bond donors (Lipinski definition) is 2. The van der Waals surface area contributed by atoms with Crippen LogP contribution in [0.1, 0.15) is 12.5 Å². The number of amides is 2. The molecule has 1 aromatic carbocycles. The Morgan fingerprint density at radius 2 is 1.89 bits per heavy atom. The number of rotatable bonds is 7. The van der Waals surface area contributed by atoms with Crippen LogP contribution in [0.4, 0.5) is 0 Å². The molecular weight excluding hydrogens is 244 g/mol. The van der Waals surface area contributed by atoms with Crippen LogP contribution in [0.3, 0.4) is 0 Å². The summed E-state index contributed by atoms with van der Waals surface area (Å²) >= 11 is 0. The van der Waals surface area contributed by atoms with E-state index < -0.39 is 0 Å². The van der Waals surface area contributed by atoms with Crippen molar-refractivity contribution in [3.8, 4) is 0 Å². The molecule has 0 saturated heterocycles. The highest BCUT2D eigenvalue weighted by atomic mass is 16.3. The first-order chi connectivity index (χ1) is 9.13. The van der Waals surface area contributed by atoms with Gasteiger partial charge in [0.05, 0.1) is 13.2 Å². The Bertz CT molecular complexity index is 406. The minimum atomic E-state index is -0.236. The molecule has 0 saturated carbocycles. The minimum absolute atomic E-state index is 0.0237. The molecule has 0 spiro atoms. The molecule has 0 heterocycles. The van der Waals surface area contributed by atoms with Crippen LogP contribution in [0, 0.1) is 0 Å². The lowest BCUT2D eigenvalue weighted by Gasteiger charge is -2.21. The van der Waals surface area contributed by atoms with Crippen LogP contribution in [0.15, 0.2) is 30.3 Å². The Kier molecular flexibility index (Phi) is 6.60. The van der Waals surface area contributed by atoms with Crippen molar-refractivity contribution < 1.29 is 14.7 Å². The molecule has 19 heavy (non-hydrogen) atoms. The van der Waals surface area contributed by atoms with Crippen LogP contribution < -0.4 is 5.32 Å². The molecule has 0 aromatic heterocycles. The van der Waals surface area contributed by atoms with Gasteiger partial charge in [-0.3, -0.25) is 9.59 Å². The molecule has 5 heteroatoms. The SMILES string of the molecule is CC(=O)NCC(=O)N(CCO)CCc1ccccc1. The van der Waals surface area contributed by atoms with Gasteiger partial charge in [-0.25, -0.2) is 0 Å². The third-order valence-corrected chi connectivity index (χ3v) is 2.72. The number of carbonyl (C=O) groups excluding carboxylic acids is 2. The second-order valence-corrected chi connectivity index (χ2v) is 4.25. The van der Waals surface area contributed by atoms with E-state index in [1.54, 1.807) is 4.90 Å². The predicted octanol–water partition coefficient (Wildman–Crippen LogP) is 0.186. The Hall–Kier alpha value is -1.88. The second-order valence-electron chi connectivity index (χ2n) is 4.25. The van der Waals surface area contributed by atoms with Crippen LogP contribution in [-0.4, -0.2) is 48.1 Å². The Morgan fingerprint density at radius 1 is 1.21 bits per heavy atom. The summed E-state index contributed by atoms with van der Waals surface area (Å²) in [4.78, 5) is 24.2. The van der Waals surface area contributed by atoms with E-state index in [4.69, 9.17) is 5.11 Å². The van der Waals surface area contributed by atoms with Crippen molar-refractivity contribution >= 4 is 11.8 Å². The van der Waals surface area contributed by atoms with Gasteiger partial charge in [-0.05, 0) is 12.0 Å². The summed E-state index contributed by atoms with van der Waals surface area (Å²) in [5, 5.41) is 11.4. The van der Waals surface area contributed by atoms with E-state index in [1.165, 1.54) is 6.92 Å². The number of nitrogens with zero attached hydrogens (tertiary/aromatic N) is 1. The molecule has 0 radical (unpaired) electrons. The van der Waals surface area contributed by atoms with Gasteiger partial charge in [0.1, 0.15) is 0 Å². The fraction of sp³-hybridized carbons (Fsp3) is 0.429. The fourth-order valence-electron chi connectivity index (χ4n) is 1.70. The first-order valence-electron chi connectivity index (χ1n) is 6.30. The van der Waals surface area contributed by atoms with E-state index in [9.17, 15) is 9.59 Å². The van der Waals surface area contributed by atoms with E-state index in [-0.39, 0.29) is 31.5 Å². The second kappa shape index (κ2) is 8.26. The number of hydrogen-bond acceptors (Lipinski definition) is 3. The maximum absolute atomic E-state index is 11.9. The number of carbonyl (C=O) groups is 2. The van der Waals surface area contributed by atoms with Crippen molar-refractivity contribution in [3.63, 3.8) is 0 Å². The van der Waals surface area contributed by atoms with Gasteiger partial charge in [0.2, 0.25) is 11.8 Å². The predicted molar refractivity (Wildman–Crippen MR) is 72.5 cm³/mol. The van der Waals surface area contributed by atoms with Crippen molar-refractivity contribution in [1.82, 2.24) is 10.2 Å². The highest BCUT2D eigenvalue weighted by Gasteiger charge is 2.12. The maximum Gasteiger partial charge on any atom is 0.242 e. The van der Waals surface area contributed by atoms with Crippen LogP contribution in [0.2, 0.25) is 0 Å². The molecule has 0 bridgehead atoms. The Balaban J connectivity index is 2.47. The van der Waals surface area contributed by atoms with E-state index in [0.29, 0.717) is 6.54 Å². The molecule has 2 amide bonds. The van der Waals surface area contributed by atoms with E-state index in [2.05, 4.69) is 5.32 Å². The molecule has 0 unspecified atom stereocenters. The van der Waals surface area contributed by atoms with Crippen LogP contribution in [0.25, 0.3) is 0 Å². The normalized spacial score (nSPS) is 10.0. The van der Waals surface area contributed by atoms with Crippen LogP contribution >= 0.6 is 0 Å². The zero-order valence-electron chi connectivity index (χ0n) is 11.1. The van der Waals surface area contributed by atoms with Gasteiger partial charge in [-0.15, -0.1) is 0 Å². The number of aliphatic hydroxyl groups excluding tert-OH is 1. The number of benzene rings is 1. The average molecular weight is 264 g/mol. The molecule has 2 N–H and O–H groups in total. The quantitative estimate of drug-likeness (QED) is 0.738. The topological polar surface area (TPSA) is 69.6 Å². The first kappa shape index (κ1) is 15.2. The van der Waals surface area contributed by atoms with E-state index >= 15 is 0 Å². The molecule has 5 nitrogen and oxygen atoms in total. The molecule has 0 atom stereocenters. The van der Waals surface area contributed by atoms with Gasteiger partial charge in [0.15, 0.2) is 0 Å². The van der Waals surface area contributed by atoms with Gasteiger partial charge in [-0.1, -0.05) is 30.3 Å². The minimum Gasteiger partial charge on any atom is -0.395 e. The van der Waals surface area contributed by atoms with Crippen molar-refractivity contribution in [2.75, 3.05) is 26.2 Å². The zero-order chi connectivity index (χ0) is 14.1. The molecule has 104 valence electrons. The number of nitrogens with one attached hydrogen (secondary N) is 1. The average Bonchev–Trinajstić information content (AvgIpc) is 2.42. The van der Waals surface area contributed by atoms with Crippen molar-refractivity contribution in [2.45, 2.75) is 13.3 Å². The fourth-order valence-corrected chi connectivity index (χ4v) is 1.70. The monoisotopic (exact) mass is 264 g/mol. The lowest BCUT2D eigenvalue weighted by atomic mass is 10.1. The summed E-state index contributed by atoms with van der Waals surface area (Å²) in [5.74, 6) is -0.416. The Morgan fingerprint density at radius 3 is 2.47 bits per heavy atom. The maximum atomic E-state index is 11.9. The van der Waals surface area contributed by atoms with Gasteiger partial charge in [0.25, 0.3) is 0 Å². The third-order valence-electron chi connectivity index (χ3n) is 2.72. The zero-order valence-corrected chi connectivity index (χ0v) is 11.1. The van der Waals surface area contributed by atoms with Crippen molar-refractivity contribution in [1.29, 1.82) is 0 Å². The van der Waals surface area contributed by atoms with E-state index in [1.807, 2.05) is 30.3 Å². The number of aliphatic hydroxyl groups is 1. The molecule has 1 aromatic rings. The molecule has 0 aliphatic carbocycles.